The lowest BCUT2D eigenvalue weighted by atomic mass is 9.80. The third-order valence-corrected chi connectivity index (χ3v) is 5.36. The standard InChI is InChI=1S/C23H23FO5/c1-26-19-4-2-3-5-20(19)29-22-14-28-21-12-17(10-11-18(21)23(22)25)27-13-15-6-8-16(24)9-7-15/h2-9,14,17-18,21H,10-13H2,1H3. The Morgan fingerprint density at radius 3 is 2.59 bits per heavy atom. The molecule has 1 aliphatic carbocycles. The molecule has 1 saturated carbocycles. The number of carbonyl (C=O) groups excluding carboxylic acids is 1. The van der Waals surface area contributed by atoms with Crippen molar-refractivity contribution in [2.75, 3.05) is 7.11 Å². The van der Waals surface area contributed by atoms with Crippen molar-refractivity contribution >= 4 is 5.78 Å². The number of ketones is 1. The van der Waals surface area contributed by atoms with Gasteiger partial charge in [-0.2, -0.15) is 0 Å². The van der Waals surface area contributed by atoms with E-state index in [4.69, 9.17) is 18.9 Å². The number of methoxy groups -OCH3 is 1. The van der Waals surface area contributed by atoms with Crippen LogP contribution in [0.25, 0.3) is 0 Å². The van der Waals surface area contributed by atoms with Gasteiger partial charge in [-0.25, -0.2) is 4.39 Å². The van der Waals surface area contributed by atoms with Gasteiger partial charge in [0.25, 0.3) is 0 Å². The highest BCUT2D eigenvalue weighted by molar-refractivity contribution is 5.96. The molecule has 3 atom stereocenters. The second kappa shape index (κ2) is 8.66. The summed E-state index contributed by atoms with van der Waals surface area (Å²) in [5.41, 5.74) is 0.918. The van der Waals surface area contributed by atoms with Gasteiger partial charge in [0.1, 0.15) is 18.2 Å². The predicted octanol–water partition coefficient (Wildman–Crippen LogP) is 4.41. The Morgan fingerprint density at radius 1 is 1.07 bits per heavy atom. The Kier molecular flexibility index (Phi) is 5.81. The van der Waals surface area contributed by atoms with Crippen LogP contribution in [0.5, 0.6) is 11.5 Å². The van der Waals surface area contributed by atoms with Gasteiger partial charge in [-0.05, 0) is 42.7 Å². The van der Waals surface area contributed by atoms with Gasteiger partial charge in [-0.15, -0.1) is 0 Å². The van der Waals surface area contributed by atoms with Crippen LogP contribution in [0.4, 0.5) is 4.39 Å². The molecule has 0 saturated heterocycles. The van der Waals surface area contributed by atoms with Crippen molar-refractivity contribution in [3.05, 3.63) is 71.9 Å². The van der Waals surface area contributed by atoms with E-state index in [2.05, 4.69) is 0 Å². The number of fused-ring (bicyclic) bond motifs is 1. The zero-order valence-corrected chi connectivity index (χ0v) is 16.2. The van der Waals surface area contributed by atoms with E-state index in [0.717, 1.165) is 12.0 Å². The number of hydrogen-bond donors (Lipinski definition) is 0. The van der Waals surface area contributed by atoms with Crippen molar-refractivity contribution < 1.29 is 28.1 Å². The maximum atomic E-state index is 13.0. The molecule has 5 nitrogen and oxygen atoms in total. The summed E-state index contributed by atoms with van der Waals surface area (Å²) in [5.74, 6) is 0.677. The highest BCUT2D eigenvalue weighted by Crippen LogP contribution is 2.36. The van der Waals surface area contributed by atoms with E-state index in [1.165, 1.54) is 18.4 Å². The molecule has 0 bridgehead atoms. The van der Waals surface area contributed by atoms with E-state index in [-0.39, 0.29) is 35.5 Å². The van der Waals surface area contributed by atoms with Crippen molar-refractivity contribution in [2.45, 2.75) is 38.1 Å². The highest BCUT2D eigenvalue weighted by atomic mass is 19.1. The Hall–Kier alpha value is -2.86. The fourth-order valence-corrected chi connectivity index (χ4v) is 3.77. The molecular weight excluding hydrogens is 375 g/mol. The van der Waals surface area contributed by atoms with Gasteiger partial charge in [-0.1, -0.05) is 24.3 Å². The minimum atomic E-state index is -0.263. The molecule has 152 valence electrons. The zero-order chi connectivity index (χ0) is 20.2. The topological polar surface area (TPSA) is 54.0 Å². The summed E-state index contributed by atoms with van der Waals surface area (Å²) in [6, 6.07) is 13.5. The van der Waals surface area contributed by atoms with E-state index in [9.17, 15) is 9.18 Å². The third kappa shape index (κ3) is 4.43. The average Bonchev–Trinajstić information content (AvgIpc) is 2.75. The van der Waals surface area contributed by atoms with E-state index in [1.54, 1.807) is 31.4 Å². The fraction of sp³-hybridized carbons (Fsp3) is 0.348. The Labute approximate surface area is 169 Å². The molecule has 0 spiro atoms. The normalized spacial score (nSPS) is 23.6. The van der Waals surface area contributed by atoms with Gasteiger partial charge in [0, 0.05) is 6.42 Å². The van der Waals surface area contributed by atoms with Crippen molar-refractivity contribution in [2.24, 2.45) is 5.92 Å². The second-order valence-electron chi connectivity index (χ2n) is 7.25. The van der Waals surface area contributed by atoms with Crippen LogP contribution in [-0.2, 0) is 20.9 Å². The van der Waals surface area contributed by atoms with E-state index >= 15 is 0 Å². The molecule has 3 unspecified atom stereocenters. The molecule has 0 amide bonds. The second-order valence-corrected chi connectivity index (χ2v) is 7.25. The van der Waals surface area contributed by atoms with Gasteiger partial charge in [-0.3, -0.25) is 4.79 Å². The number of hydrogen-bond acceptors (Lipinski definition) is 5. The van der Waals surface area contributed by atoms with Gasteiger partial charge < -0.3 is 18.9 Å². The average molecular weight is 398 g/mol. The summed E-state index contributed by atoms with van der Waals surface area (Å²) in [5, 5.41) is 0. The molecule has 2 aromatic rings. The lowest BCUT2D eigenvalue weighted by Crippen LogP contribution is -2.42. The van der Waals surface area contributed by atoms with Crippen LogP contribution >= 0.6 is 0 Å². The molecule has 0 aromatic heterocycles. The van der Waals surface area contributed by atoms with Crippen LogP contribution in [-0.4, -0.2) is 25.1 Å². The monoisotopic (exact) mass is 398 g/mol. The first kappa shape index (κ1) is 19.5. The van der Waals surface area contributed by atoms with Gasteiger partial charge in [0.2, 0.25) is 11.5 Å². The molecule has 0 N–H and O–H groups in total. The summed E-state index contributed by atoms with van der Waals surface area (Å²) in [4.78, 5) is 12.9. The molecule has 1 aliphatic heterocycles. The maximum Gasteiger partial charge on any atom is 0.208 e. The number of para-hydroxylation sites is 2. The summed E-state index contributed by atoms with van der Waals surface area (Å²) in [6.07, 6.45) is 3.25. The molecule has 1 heterocycles. The number of rotatable bonds is 6. The van der Waals surface area contributed by atoms with Gasteiger partial charge in [0.05, 0.1) is 25.7 Å². The van der Waals surface area contributed by atoms with Crippen LogP contribution in [0.3, 0.4) is 0 Å². The van der Waals surface area contributed by atoms with Crippen LogP contribution in [0.1, 0.15) is 24.8 Å². The Bertz CT molecular complexity index is 892. The summed E-state index contributed by atoms with van der Waals surface area (Å²) < 4.78 is 35.8. The van der Waals surface area contributed by atoms with Crippen LogP contribution in [0.15, 0.2) is 60.6 Å². The first-order valence-electron chi connectivity index (χ1n) is 9.71. The van der Waals surface area contributed by atoms with E-state index < -0.39 is 0 Å². The first-order chi connectivity index (χ1) is 14.1. The van der Waals surface area contributed by atoms with Crippen LogP contribution in [0.2, 0.25) is 0 Å². The SMILES string of the molecule is COc1ccccc1OC1=COC2CC(OCc3ccc(F)cc3)CCC2C1=O. The first-order valence-corrected chi connectivity index (χ1v) is 9.71. The number of benzene rings is 2. The zero-order valence-electron chi connectivity index (χ0n) is 16.2. The lowest BCUT2D eigenvalue weighted by molar-refractivity contribution is -0.134. The molecule has 4 rings (SSSR count). The molecule has 2 aromatic carbocycles. The lowest BCUT2D eigenvalue weighted by Gasteiger charge is -2.37. The fourth-order valence-electron chi connectivity index (χ4n) is 3.77. The Balaban J connectivity index is 1.36. The highest BCUT2D eigenvalue weighted by Gasteiger charge is 2.41. The van der Waals surface area contributed by atoms with E-state index in [0.29, 0.717) is 30.9 Å². The van der Waals surface area contributed by atoms with Gasteiger partial charge >= 0.3 is 0 Å². The quantitative estimate of drug-likeness (QED) is 0.722. The summed E-state index contributed by atoms with van der Waals surface area (Å²) in [7, 11) is 1.55. The molecule has 2 aliphatic rings. The van der Waals surface area contributed by atoms with Crippen molar-refractivity contribution in [1.29, 1.82) is 0 Å². The number of carbonyl (C=O) groups is 1. The third-order valence-electron chi connectivity index (χ3n) is 5.36. The minimum absolute atomic E-state index is 0.000751. The van der Waals surface area contributed by atoms with Crippen molar-refractivity contribution in [3.8, 4) is 11.5 Å². The number of halogens is 1. The van der Waals surface area contributed by atoms with E-state index in [1.807, 2.05) is 12.1 Å². The molecule has 1 fully saturated rings. The van der Waals surface area contributed by atoms with Gasteiger partial charge in [0.15, 0.2) is 11.5 Å². The number of ether oxygens (including phenoxy) is 4. The summed E-state index contributed by atoms with van der Waals surface area (Å²) >= 11 is 0. The predicted molar refractivity (Wildman–Crippen MR) is 104 cm³/mol. The van der Waals surface area contributed by atoms with Crippen molar-refractivity contribution in [1.82, 2.24) is 0 Å². The smallest absolute Gasteiger partial charge is 0.208 e. The van der Waals surface area contributed by atoms with Crippen molar-refractivity contribution in [3.63, 3.8) is 0 Å². The number of allylic oxidation sites excluding steroid dienone is 1. The molecule has 6 heteroatoms. The largest absolute Gasteiger partial charge is 0.493 e. The van der Waals surface area contributed by atoms with Crippen LogP contribution < -0.4 is 9.47 Å². The van der Waals surface area contributed by atoms with Crippen LogP contribution in [0, 0.1) is 11.7 Å². The molecule has 29 heavy (non-hydrogen) atoms. The Morgan fingerprint density at radius 2 is 1.83 bits per heavy atom. The minimum Gasteiger partial charge on any atom is -0.493 e. The number of Topliss-reactive ketones (excluding diaryl/α,β-unsaturated/α-hetero) is 1. The maximum absolute atomic E-state index is 13.0. The molecule has 0 radical (unpaired) electrons. The summed E-state index contributed by atoms with van der Waals surface area (Å²) in [6.45, 7) is 0.411. The molecular formula is C23H23FO5.